The van der Waals surface area contributed by atoms with Gasteiger partial charge in [0.05, 0.1) is 0 Å². The minimum atomic E-state index is -0.961. The predicted molar refractivity (Wildman–Crippen MR) is 83.7 cm³/mol. The van der Waals surface area contributed by atoms with Gasteiger partial charge in [0.15, 0.2) is 5.16 Å². The minimum absolute atomic E-state index is 0.185. The van der Waals surface area contributed by atoms with Crippen LogP contribution in [-0.4, -0.2) is 25.8 Å². The fourth-order valence-corrected chi connectivity index (χ4v) is 3.58. The lowest BCUT2D eigenvalue weighted by molar-refractivity contribution is -0.131. The predicted octanol–water partition coefficient (Wildman–Crippen LogP) is 2.43. The first-order chi connectivity index (χ1) is 10.1. The zero-order valence-electron chi connectivity index (χ0n) is 11.4. The molecule has 2 N–H and O–H groups in total. The van der Waals surface area contributed by atoms with E-state index in [1.165, 1.54) is 11.8 Å². The second-order valence-corrected chi connectivity index (χ2v) is 6.21. The van der Waals surface area contributed by atoms with Gasteiger partial charge in [0.1, 0.15) is 0 Å². The molecule has 0 fully saturated rings. The smallest absolute Gasteiger partial charge is 0.343 e. The molecular weight excluding hydrogens is 310 g/mol. The molecule has 21 heavy (non-hydrogen) atoms. The third-order valence-electron chi connectivity index (χ3n) is 2.61. The molecule has 0 unspecified atom stereocenters. The van der Waals surface area contributed by atoms with E-state index in [0.717, 1.165) is 22.9 Å². The first-order valence-electron chi connectivity index (χ1n) is 6.36. The number of carboxylic acids is 1. The average molecular weight is 325 g/mol. The summed E-state index contributed by atoms with van der Waals surface area (Å²) < 4.78 is 1.63. The molecule has 2 aromatic heterocycles. The molecule has 0 saturated carbocycles. The standard InChI is InChI=1S/C13H15N3O3S2/c1-2-5-16-12(19)14-15-13(16)21-8-10-6-9(7-20-10)3-4-11(17)18/h3-4,6-7H,2,5,8H2,1H3,(H,14,19)(H,17,18). The number of carbonyl (C=O) groups is 1. The Morgan fingerprint density at radius 1 is 1.62 bits per heavy atom. The van der Waals surface area contributed by atoms with Crippen LogP contribution in [-0.2, 0) is 17.1 Å². The van der Waals surface area contributed by atoms with Crippen LogP contribution < -0.4 is 5.69 Å². The molecule has 2 aromatic rings. The highest BCUT2D eigenvalue weighted by Crippen LogP contribution is 2.25. The summed E-state index contributed by atoms with van der Waals surface area (Å²) in [6.45, 7) is 2.66. The van der Waals surface area contributed by atoms with Gasteiger partial charge in [0.25, 0.3) is 0 Å². The van der Waals surface area contributed by atoms with E-state index in [1.54, 1.807) is 22.0 Å². The molecule has 0 spiro atoms. The number of hydrogen-bond acceptors (Lipinski definition) is 5. The Balaban J connectivity index is 2.00. The minimum Gasteiger partial charge on any atom is -0.478 e. The third kappa shape index (κ3) is 4.33. The number of thiophene rings is 1. The van der Waals surface area contributed by atoms with Crippen molar-refractivity contribution >= 4 is 35.1 Å². The summed E-state index contributed by atoms with van der Waals surface area (Å²) in [6, 6.07) is 1.94. The maximum atomic E-state index is 11.6. The number of aromatic amines is 1. The maximum absolute atomic E-state index is 11.6. The Hall–Kier alpha value is -1.80. The molecule has 0 amide bonds. The van der Waals surface area contributed by atoms with Crippen LogP contribution in [0.2, 0.25) is 0 Å². The van der Waals surface area contributed by atoms with Crippen LogP contribution in [0, 0.1) is 0 Å². The highest BCUT2D eigenvalue weighted by molar-refractivity contribution is 7.98. The van der Waals surface area contributed by atoms with Crippen molar-refractivity contribution in [3.8, 4) is 0 Å². The maximum Gasteiger partial charge on any atom is 0.343 e. The molecule has 0 bridgehead atoms. The summed E-state index contributed by atoms with van der Waals surface area (Å²) in [4.78, 5) is 23.1. The Bertz CT molecular complexity index is 700. The molecule has 0 atom stereocenters. The number of nitrogens with zero attached hydrogens (tertiary/aromatic N) is 2. The van der Waals surface area contributed by atoms with Crippen LogP contribution in [0.3, 0.4) is 0 Å². The van der Waals surface area contributed by atoms with E-state index < -0.39 is 5.97 Å². The number of aromatic nitrogens is 3. The first-order valence-corrected chi connectivity index (χ1v) is 8.23. The lowest BCUT2D eigenvalue weighted by Crippen LogP contribution is -2.17. The topological polar surface area (TPSA) is 88.0 Å². The van der Waals surface area contributed by atoms with Crippen molar-refractivity contribution in [2.75, 3.05) is 0 Å². The Kier molecular flexibility index (Phi) is 5.40. The van der Waals surface area contributed by atoms with Crippen molar-refractivity contribution in [1.29, 1.82) is 0 Å². The van der Waals surface area contributed by atoms with E-state index in [1.807, 2.05) is 18.4 Å². The molecule has 2 heterocycles. The van der Waals surface area contributed by atoms with Gasteiger partial charge in [0, 0.05) is 23.3 Å². The normalized spacial score (nSPS) is 11.3. The lowest BCUT2D eigenvalue weighted by atomic mass is 10.3. The number of hydrogen-bond donors (Lipinski definition) is 2. The van der Waals surface area contributed by atoms with Gasteiger partial charge in [-0.3, -0.25) is 4.57 Å². The van der Waals surface area contributed by atoms with Crippen LogP contribution in [0.15, 0.2) is 27.5 Å². The molecule has 6 nitrogen and oxygen atoms in total. The Labute approximate surface area is 129 Å². The number of aliphatic carboxylic acids is 1. The Morgan fingerprint density at radius 2 is 2.43 bits per heavy atom. The van der Waals surface area contributed by atoms with Gasteiger partial charge in [-0.05, 0) is 29.5 Å². The summed E-state index contributed by atoms with van der Waals surface area (Å²) in [6.07, 6.45) is 3.55. The van der Waals surface area contributed by atoms with Gasteiger partial charge in [-0.15, -0.1) is 16.4 Å². The van der Waals surface area contributed by atoms with Crippen LogP contribution in [0.1, 0.15) is 23.8 Å². The van der Waals surface area contributed by atoms with Crippen molar-refractivity contribution in [2.24, 2.45) is 0 Å². The van der Waals surface area contributed by atoms with Crippen molar-refractivity contribution in [3.63, 3.8) is 0 Å². The number of H-pyrrole nitrogens is 1. The fraction of sp³-hybridized carbons (Fsp3) is 0.308. The fourth-order valence-electron chi connectivity index (χ4n) is 1.70. The van der Waals surface area contributed by atoms with E-state index in [9.17, 15) is 9.59 Å². The molecule has 112 valence electrons. The van der Waals surface area contributed by atoms with E-state index in [2.05, 4.69) is 10.2 Å². The van der Waals surface area contributed by atoms with Gasteiger partial charge in [-0.2, -0.15) is 0 Å². The van der Waals surface area contributed by atoms with Crippen molar-refractivity contribution < 1.29 is 9.90 Å². The van der Waals surface area contributed by atoms with Gasteiger partial charge in [0.2, 0.25) is 0 Å². The molecule has 0 saturated heterocycles. The zero-order chi connectivity index (χ0) is 15.2. The molecule has 2 rings (SSSR count). The highest BCUT2D eigenvalue weighted by Gasteiger charge is 2.09. The van der Waals surface area contributed by atoms with Crippen LogP contribution in [0.4, 0.5) is 0 Å². The van der Waals surface area contributed by atoms with Crippen LogP contribution >= 0.6 is 23.1 Å². The number of nitrogens with one attached hydrogen (secondary N) is 1. The van der Waals surface area contributed by atoms with Crippen molar-refractivity contribution in [2.45, 2.75) is 30.8 Å². The molecule has 8 heteroatoms. The van der Waals surface area contributed by atoms with Gasteiger partial charge in [-0.1, -0.05) is 18.7 Å². The average Bonchev–Trinajstić information content (AvgIpc) is 3.03. The third-order valence-corrected chi connectivity index (χ3v) is 4.77. The molecule has 0 aliphatic heterocycles. The number of carboxylic acid groups (broad SMARTS) is 1. The second kappa shape index (κ2) is 7.28. The quantitative estimate of drug-likeness (QED) is 0.603. The van der Waals surface area contributed by atoms with Gasteiger partial charge < -0.3 is 5.11 Å². The molecular formula is C13H15N3O3S2. The summed E-state index contributed by atoms with van der Waals surface area (Å²) in [5, 5.41) is 17.6. The summed E-state index contributed by atoms with van der Waals surface area (Å²) in [5.74, 6) is -0.267. The van der Waals surface area contributed by atoms with Crippen LogP contribution in [0.25, 0.3) is 6.08 Å². The SMILES string of the molecule is CCCn1c(SCc2cc(C=CC(=O)O)cs2)n[nH]c1=O. The van der Waals surface area contributed by atoms with E-state index in [4.69, 9.17) is 5.11 Å². The number of rotatable bonds is 7. The Morgan fingerprint density at radius 3 is 3.14 bits per heavy atom. The van der Waals surface area contributed by atoms with Crippen LogP contribution in [0.5, 0.6) is 0 Å². The van der Waals surface area contributed by atoms with Crippen molar-refractivity contribution in [3.05, 3.63) is 38.4 Å². The molecule has 0 aliphatic rings. The molecule has 0 radical (unpaired) electrons. The summed E-state index contributed by atoms with van der Waals surface area (Å²) in [5.41, 5.74) is 0.682. The van der Waals surface area contributed by atoms with E-state index >= 15 is 0 Å². The van der Waals surface area contributed by atoms with Gasteiger partial charge >= 0.3 is 11.7 Å². The highest BCUT2D eigenvalue weighted by atomic mass is 32.2. The molecule has 0 aromatic carbocycles. The largest absolute Gasteiger partial charge is 0.478 e. The summed E-state index contributed by atoms with van der Waals surface area (Å²) >= 11 is 3.05. The monoisotopic (exact) mass is 325 g/mol. The lowest BCUT2D eigenvalue weighted by Gasteiger charge is -2.02. The zero-order valence-corrected chi connectivity index (χ0v) is 13.0. The molecule has 0 aliphatic carbocycles. The van der Waals surface area contributed by atoms with Gasteiger partial charge in [-0.25, -0.2) is 14.7 Å². The van der Waals surface area contributed by atoms with E-state index in [0.29, 0.717) is 17.5 Å². The first kappa shape index (κ1) is 15.6. The van der Waals surface area contributed by atoms with E-state index in [-0.39, 0.29) is 5.69 Å². The number of thioether (sulfide) groups is 1. The van der Waals surface area contributed by atoms with Crippen molar-refractivity contribution in [1.82, 2.24) is 14.8 Å². The summed E-state index contributed by atoms with van der Waals surface area (Å²) in [7, 11) is 0. The second-order valence-electron chi connectivity index (χ2n) is 4.27.